The van der Waals surface area contributed by atoms with Gasteiger partial charge in [0.25, 0.3) is 5.91 Å². The van der Waals surface area contributed by atoms with Crippen molar-refractivity contribution in [3.8, 4) is 0 Å². The van der Waals surface area contributed by atoms with Gasteiger partial charge in [0.1, 0.15) is 17.7 Å². The number of hydrogen-bond acceptors (Lipinski definition) is 6. The minimum atomic E-state index is -1.14. The summed E-state index contributed by atoms with van der Waals surface area (Å²) in [5, 5.41) is 5.09. The molecule has 1 fully saturated rings. The van der Waals surface area contributed by atoms with Crippen molar-refractivity contribution in [1.82, 2.24) is 15.5 Å². The summed E-state index contributed by atoms with van der Waals surface area (Å²) in [6.07, 6.45) is -0.132. The molecule has 182 valence electrons. The van der Waals surface area contributed by atoms with Crippen LogP contribution in [0.4, 0.5) is 4.79 Å². The third-order valence-corrected chi connectivity index (χ3v) is 5.32. The molecule has 0 aromatic carbocycles. The van der Waals surface area contributed by atoms with Crippen LogP contribution in [0.5, 0.6) is 0 Å². The maximum Gasteiger partial charge on any atom is 0.408 e. The van der Waals surface area contributed by atoms with Crippen LogP contribution in [-0.2, 0) is 23.9 Å². The molecule has 1 aliphatic rings. The average molecular weight is 455 g/mol. The third-order valence-electron chi connectivity index (χ3n) is 5.32. The van der Waals surface area contributed by atoms with E-state index in [1.165, 1.54) is 4.90 Å². The Morgan fingerprint density at radius 1 is 1.06 bits per heavy atom. The van der Waals surface area contributed by atoms with Gasteiger partial charge in [-0.25, -0.2) is 4.79 Å². The first-order valence-electron chi connectivity index (χ1n) is 10.9. The number of amides is 4. The number of carbonyl (C=O) groups excluding carboxylic acids is 5. The van der Waals surface area contributed by atoms with Gasteiger partial charge < -0.3 is 26.0 Å². The second-order valence-electron chi connectivity index (χ2n) is 10.6. The Bertz CT molecular complexity index is 751. The molecule has 10 heteroatoms. The predicted molar refractivity (Wildman–Crippen MR) is 118 cm³/mol. The Kier molecular flexibility index (Phi) is 8.82. The molecule has 0 aromatic rings. The fourth-order valence-electron chi connectivity index (χ4n) is 3.70. The molecule has 0 spiro atoms. The van der Waals surface area contributed by atoms with Gasteiger partial charge in [0.15, 0.2) is 0 Å². The predicted octanol–water partition coefficient (Wildman–Crippen LogP) is 0.970. The van der Waals surface area contributed by atoms with E-state index in [9.17, 15) is 24.0 Å². The summed E-state index contributed by atoms with van der Waals surface area (Å²) in [7, 11) is 0. The molecular weight excluding hydrogens is 416 g/mol. The maximum absolute atomic E-state index is 13.6. The van der Waals surface area contributed by atoms with Crippen LogP contribution in [-0.4, -0.2) is 65.3 Å². The summed E-state index contributed by atoms with van der Waals surface area (Å²) < 4.78 is 5.32. The van der Waals surface area contributed by atoms with Gasteiger partial charge in [-0.2, -0.15) is 0 Å². The number of likely N-dealkylation sites (tertiary alicyclic amines) is 1. The largest absolute Gasteiger partial charge is 0.444 e. The monoisotopic (exact) mass is 454 g/mol. The molecule has 4 amide bonds. The van der Waals surface area contributed by atoms with Gasteiger partial charge in [-0.15, -0.1) is 0 Å². The van der Waals surface area contributed by atoms with E-state index in [1.54, 1.807) is 20.8 Å². The van der Waals surface area contributed by atoms with Crippen molar-refractivity contribution in [3.63, 3.8) is 0 Å². The third kappa shape index (κ3) is 7.49. The molecule has 0 saturated carbocycles. The van der Waals surface area contributed by atoms with Crippen LogP contribution in [0, 0.1) is 17.3 Å². The smallest absolute Gasteiger partial charge is 0.408 e. The normalized spacial score (nSPS) is 20.0. The van der Waals surface area contributed by atoms with Crippen LogP contribution < -0.4 is 16.4 Å². The van der Waals surface area contributed by atoms with E-state index < -0.39 is 59.2 Å². The molecule has 0 aromatic heterocycles. The van der Waals surface area contributed by atoms with E-state index in [0.717, 1.165) is 0 Å². The van der Waals surface area contributed by atoms with Crippen LogP contribution in [0.15, 0.2) is 0 Å². The van der Waals surface area contributed by atoms with E-state index in [1.807, 2.05) is 34.6 Å². The summed E-state index contributed by atoms with van der Waals surface area (Å²) in [6.45, 7) is 14.3. The lowest BCUT2D eigenvalue weighted by Crippen LogP contribution is -2.59. The van der Waals surface area contributed by atoms with E-state index in [-0.39, 0.29) is 11.8 Å². The van der Waals surface area contributed by atoms with Crippen LogP contribution in [0.25, 0.3) is 0 Å². The molecule has 3 atom stereocenters. The van der Waals surface area contributed by atoms with Crippen molar-refractivity contribution >= 4 is 29.6 Å². The zero-order valence-corrected chi connectivity index (χ0v) is 20.4. The van der Waals surface area contributed by atoms with Gasteiger partial charge in [-0.05, 0) is 44.4 Å². The summed E-state index contributed by atoms with van der Waals surface area (Å²) in [4.78, 5) is 62.9. The van der Waals surface area contributed by atoms with Gasteiger partial charge in [0.2, 0.25) is 17.6 Å². The molecule has 4 N–H and O–H groups in total. The van der Waals surface area contributed by atoms with Crippen molar-refractivity contribution in [2.24, 2.45) is 23.0 Å². The Balaban J connectivity index is 3.15. The topological polar surface area (TPSA) is 148 Å². The molecule has 1 saturated heterocycles. The lowest BCUT2D eigenvalue weighted by Gasteiger charge is -2.36. The van der Waals surface area contributed by atoms with Gasteiger partial charge in [0.05, 0.1) is 6.54 Å². The highest BCUT2D eigenvalue weighted by Crippen LogP contribution is 2.33. The number of Topliss-reactive ketones (excluding diaryl/α,β-unsaturated/α-hetero) is 1. The molecule has 0 aliphatic carbocycles. The second kappa shape index (κ2) is 10.3. The zero-order valence-electron chi connectivity index (χ0n) is 20.4. The number of ketones is 1. The fourth-order valence-corrected chi connectivity index (χ4v) is 3.70. The Morgan fingerprint density at radius 3 is 2.06 bits per heavy atom. The molecule has 1 aliphatic heterocycles. The number of nitrogens with zero attached hydrogens (tertiary/aromatic N) is 1. The molecule has 10 nitrogen and oxygen atoms in total. The van der Waals surface area contributed by atoms with Gasteiger partial charge in [-0.3, -0.25) is 19.2 Å². The minimum absolute atomic E-state index is 0.0855. The molecular formula is C22H38N4O6. The molecule has 1 rings (SSSR count). The van der Waals surface area contributed by atoms with E-state index in [0.29, 0.717) is 13.0 Å². The molecule has 0 bridgehead atoms. The van der Waals surface area contributed by atoms with Crippen molar-refractivity contribution in [2.45, 2.75) is 79.5 Å². The number of rotatable bonds is 7. The number of nitrogens with one attached hydrogen (secondary N) is 2. The number of carbonyl (C=O) groups is 5. The van der Waals surface area contributed by atoms with Crippen LogP contribution >= 0.6 is 0 Å². The standard InChI is InChI=1S/C22H38N4O6/c1-12(2)13-9-10-26(15(13)18(29)24-11-14(27)17(23)28)19(30)16(21(3,4)5)25-20(31)32-22(6,7)8/h12-13,15-16H,9-11H2,1-8H3,(H2,23,28)(H,24,29)(H,25,31)/t13-,15+,16-/m1/s1. The summed E-state index contributed by atoms with van der Waals surface area (Å²) >= 11 is 0. The van der Waals surface area contributed by atoms with Crippen LogP contribution in [0.2, 0.25) is 0 Å². The molecule has 0 radical (unpaired) electrons. The number of hydrogen-bond donors (Lipinski definition) is 3. The Morgan fingerprint density at radius 2 is 1.62 bits per heavy atom. The number of ether oxygens (including phenoxy) is 1. The van der Waals surface area contributed by atoms with Crippen LogP contribution in [0.3, 0.4) is 0 Å². The van der Waals surface area contributed by atoms with Gasteiger partial charge >= 0.3 is 6.09 Å². The number of alkyl carbamates (subject to hydrolysis) is 1. The highest BCUT2D eigenvalue weighted by molar-refractivity contribution is 6.36. The van der Waals surface area contributed by atoms with E-state index in [4.69, 9.17) is 10.5 Å². The highest BCUT2D eigenvalue weighted by Gasteiger charge is 2.47. The maximum atomic E-state index is 13.6. The highest BCUT2D eigenvalue weighted by atomic mass is 16.6. The Hall–Kier alpha value is -2.65. The average Bonchev–Trinajstić information content (AvgIpc) is 3.06. The van der Waals surface area contributed by atoms with Crippen molar-refractivity contribution < 1.29 is 28.7 Å². The number of primary amides is 1. The fraction of sp³-hybridized carbons (Fsp3) is 0.773. The first kappa shape index (κ1) is 27.4. The first-order valence-corrected chi connectivity index (χ1v) is 10.9. The van der Waals surface area contributed by atoms with Crippen molar-refractivity contribution in [2.75, 3.05) is 13.1 Å². The summed E-state index contributed by atoms with van der Waals surface area (Å²) in [5.41, 5.74) is 3.55. The lowest BCUT2D eigenvalue weighted by molar-refractivity contribution is -0.143. The SMILES string of the molecule is CC(C)[C@H]1CCN(C(=O)[C@@H](NC(=O)OC(C)(C)C)C(C)(C)C)[C@@H]1C(=O)NCC(=O)C(N)=O. The minimum Gasteiger partial charge on any atom is -0.444 e. The number of nitrogens with two attached hydrogens (primary N) is 1. The molecule has 1 heterocycles. The quantitative estimate of drug-likeness (QED) is 0.488. The van der Waals surface area contributed by atoms with E-state index in [2.05, 4.69) is 10.6 Å². The lowest BCUT2D eigenvalue weighted by atomic mass is 9.85. The summed E-state index contributed by atoms with van der Waals surface area (Å²) in [6, 6.07) is -1.78. The van der Waals surface area contributed by atoms with Crippen molar-refractivity contribution in [3.05, 3.63) is 0 Å². The zero-order chi connectivity index (χ0) is 25.0. The van der Waals surface area contributed by atoms with Gasteiger partial charge in [-0.1, -0.05) is 34.6 Å². The first-order chi connectivity index (χ1) is 14.5. The molecule has 0 unspecified atom stereocenters. The second-order valence-corrected chi connectivity index (χ2v) is 10.6. The van der Waals surface area contributed by atoms with Crippen molar-refractivity contribution in [1.29, 1.82) is 0 Å². The molecule has 32 heavy (non-hydrogen) atoms. The Labute approximate surface area is 190 Å². The van der Waals surface area contributed by atoms with Gasteiger partial charge in [0, 0.05) is 6.54 Å². The summed E-state index contributed by atoms with van der Waals surface area (Å²) in [5.74, 6) is -3.07. The van der Waals surface area contributed by atoms with E-state index >= 15 is 0 Å². The van der Waals surface area contributed by atoms with Crippen LogP contribution in [0.1, 0.15) is 61.8 Å².